The molecule has 2 aromatic carbocycles. The fourth-order valence-corrected chi connectivity index (χ4v) is 4.30. The van der Waals surface area contributed by atoms with Crippen molar-refractivity contribution in [3.05, 3.63) is 59.5 Å². The minimum atomic E-state index is -0.122. The molecule has 0 aliphatic carbocycles. The summed E-state index contributed by atoms with van der Waals surface area (Å²) < 4.78 is 16.1. The fraction of sp³-hybridized carbons (Fsp3) is 0.423. The molecule has 1 amide bonds. The molecule has 1 unspecified atom stereocenters. The lowest BCUT2D eigenvalue weighted by Gasteiger charge is -2.31. The zero-order valence-electron chi connectivity index (χ0n) is 20.2. The van der Waals surface area contributed by atoms with Crippen molar-refractivity contribution in [1.29, 1.82) is 0 Å². The Labute approximate surface area is 200 Å². The van der Waals surface area contributed by atoms with E-state index < -0.39 is 0 Å². The Hall–Kier alpha value is -3.39. The van der Waals surface area contributed by atoms with Gasteiger partial charge in [0, 0.05) is 11.5 Å². The van der Waals surface area contributed by atoms with E-state index in [1.165, 1.54) is 0 Å². The number of aromatic nitrogens is 2. The molecule has 1 aliphatic heterocycles. The van der Waals surface area contributed by atoms with E-state index in [0.717, 1.165) is 42.6 Å². The molecule has 1 N–H and O–H groups in total. The van der Waals surface area contributed by atoms with Crippen molar-refractivity contribution in [3.8, 4) is 22.9 Å². The van der Waals surface area contributed by atoms with Crippen LogP contribution in [0, 0.1) is 12.8 Å². The molecule has 0 spiro atoms. The summed E-state index contributed by atoms with van der Waals surface area (Å²) >= 11 is 0. The van der Waals surface area contributed by atoms with Crippen molar-refractivity contribution < 1.29 is 18.8 Å². The van der Waals surface area contributed by atoms with E-state index in [1.807, 2.05) is 56.3 Å². The number of amides is 1. The van der Waals surface area contributed by atoms with Gasteiger partial charge in [-0.2, -0.15) is 4.98 Å². The van der Waals surface area contributed by atoms with Gasteiger partial charge in [0.15, 0.2) is 11.5 Å². The topological polar surface area (TPSA) is 89.7 Å². The van der Waals surface area contributed by atoms with E-state index in [2.05, 4.69) is 20.4 Å². The molecule has 3 aromatic rings. The molecule has 2 heterocycles. The maximum atomic E-state index is 12.9. The molecule has 1 aliphatic rings. The second kappa shape index (κ2) is 10.7. The molecule has 0 radical (unpaired) electrons. The summed E-state index contributed by atoms with van der Waals surface area (Å²) in [5.74, 6) is 2.61. The molecule has 34 heavy (non-hydrogen) atoms. The first-order valence-corrected chi connectivity index (χ1v) is 11.6. The van der Waals surface area contributed by atoms with Crippen LogP contribution in [0.3, 0.4) is 0 Å². The molecule has 1 atom stereocenters. The Morgan fingerprint density at radius 1 is 1.15 bits per heavy atom. The predicted octanol–water partition coefficient (Wildman–Crippen LogP) is 4.15. The molecule has 8 nitrogen and oxygen atoms in total. The first-order chi connectivity index (χ1) is 16.5. The van der Waals surface area contributed by atoms with E-state index in [9.17, 15) is 4.79 Å². The molecule has 0 saturated carbocycles. The van der Waals surface area contributed by atoms with Crippen LogP contribution in [0.5, 0.6) is 11.5 Å². The van der Waals surface area contributed by atoms with Crippen molar-refractivity contribution in [1.82, 2.24) is 20.4 Å². The summed E-state index contributed by atoms with van der Waals surface area (Å²) in [6.45, 7) is 6.24. The number of piperidine rings is 1. The van der Waals surface area contributed by atoms with Crippen LogP contribution in [0.2, 0.25) is 0 Å². The van der Waals surface area contributed by atoms with Gasteiger partial charge in [0.25, 0.3) is 0 Å². The second-order valence-electron chi connectivity index (χ2n) is 8.78. The van der Waals surface area contributed by atoms with Crippen LogP contribution in [0.4, 0.5) is 0 Å². The van der Waals surface area contributed by atoms with E-state index >= 15 is 0 Å². The number of nitrogens with one attached hydrogen (secondary N) is 1. The third-order valence-electron chi connectivity index (χ3n) is 6.33. The average Bonchev–Trinajstić information content (AvgIpc) is 3.32. The van der Waals surface area contributed by atoms with Gasteiger partial charge in [-0.25, -0.2) is 0 Å². The minimum absolute atomic E-state index is 0.00983. The number of aryl methyl sites for hydroxylation is 1. The molecule has 8 heteroatoms. The van der Waals surface area contributed by atoms with Crippen LogP contribution in [0.25, 0.3) is 11.4 Å². The van der Waals surface area contributed by atoms with Gasteiger partial charge in [-0.3, -0.25) is 9.69 Å². The second-order valence-corrected chi connectivity index (χ2v) is 8.78. The maximum absolute atomic E-state index is 12.9. The van der Waals surface area contributed by atoms with E-state index in [1.54, 1.807) is 14.2 Å². The van der Waals surface area contributed by atoms with Crippen molar-refractivity contribution in [3.63, 3.8) is 0 Å². The largest absolute Gasteiger partial charge is 0.493 e. The molecule has 4 rings (SSSR count). The van der Waals surface area contributed by atoms with Gasteiger partial charge in [-0.15, -0.1) is 0 Å². The van der Waals surface area contributed by atoms with Crippen molar-refractivity contribution in [2.24, 2.45) is 5.92 Å². The minimum Gasteiger partial charge on any atom is -0.493 e. The van der Waals surface area contributed by atoms with E-state index in [4.69, 9.17) is 14.0 Å². The molecule has 180 valence electrons. The van der Waals surface area contributed by atoms with Crippen LogP contribution < -0.4 is 14.8 Å². The highest BCUT2D eigenvalue weighted by Gasteiger charge is 2.27. The molecule has 0 bridgehead atoms. The molecule has 1 saturated heterocycles. The summed E-state index contributed by atoms with van der Waals surface area (Å²) in [5.41, 5.74) is 3.09. The number of hydrogen-bond acceptors (Lipinski definition) is 7. The predicted molar refractivity (Wildman–Crippen MR) is 129 cm³/mol. The van der Waals surface area contributed by atoms with Crippen LogP contribution in [0.15, 0.2) is 47.0 Å². The standard InChI is InChI=1S/C26H32N4O4/c1-17-6-5-7-21(14-17)25-28-24(34-29-25)16-30-12-10-19(11-13-30)26(31)27-18(2)20-8-9-22(32-3)23(15-20)33-4/h5-9,14-15,18-19H,10-13,16H2,1-4H3,(H,27,31). The van der Waals surface area contributed by atoms with Gasteiger partial charge in [-0.1, -0.05) is 35.0 Å². The smallest absolute Gasteiger partial charge is 0.241 e. The molecular formula is C26H32N4O4. The number of ether oxygens (including phenoxy) is 2. The number of rotatable bonds is 8. The maximum Gasteiger partial charge on any atom is 0.241 e. The monoisotopic (exact) mass is 464 g/mol. The van der Waals surface area contributed by atoms with Gasteiger partial charge in [0.2, 0.25) is 17.6 Å². The highest BCUT2D eigenvalue weighted by atomic mass is 16.5. The first-order valence-electron chi connectivity index (χ1n) is 11.6. The number of benzene rings is 2. The lowest BCUT2D eigenvalue weighted by Crippen LogP contribution is -2.40. The number of nitrogens with zero attached hydrogens (tertiary/aromatic N) is 3. The quantitative estimate of drug-likeness (QED) is 0.536. The highest BCUT2D eigenvalue weighted by molar-refractivity contribution is 5.79. The van der Waals surface area contributed by atoms with Crippen molar-refractivity contribution >= 4 is 5.91 Å². The summed E-state index contributed by atoms with van der Waals surface area (Å²) in [7, 11) is 3.22. The van der Waals surface area contributed by atoms with Gasteiger partial charge in [0.05, 0.1) is 26.8 Å². The summed E-state index contributed by atoms with van der Waals surface area (Å²) in [5, 5.41) is 7.28. The Kier molecular flexibility index (Phi) is 7.47. The Bertz CT molecular complexity index is 1120. The Morgan fingerprint density at radius 2 is 1.91 bits per heavy atom. The number of carbonyl (C=O) groups is 1. The SMILES string of the molecule is COc1ccc(C(C)NC(=O)C2CCN(Cc3nc(-c4cccc(C)c4)no3)CC2)cc1OC. The first kappa shape index (κ1) is 23.8. The van der Waals surface area contributed by atoms with Crippen LogP contribution in [-0.2, 0) is 11.3 Å². The lowest BCUT2D eigenvalue weighted by molar-refractivity contribution is -0.127. The van der Waals surface area contributed by atoms with Gasteiger partial charge in [0.1, 0.15) is 0 Å². The summed E-state index contributed by atoms with van der Waals surface area (Å²) in [4.78, 5) is 19.7. The van der Waals surface area contributed by atoms with Gasteiger partial charge >= 0.3 is 0 Å². The van der Waals surface area contributed by atoms with Crippen LogP contribution in [0.1, 0.15) is 42.8 Å². The fourth-order valence-electron chi connectivity index (χ4n) is 4.30. The Balaban J connectivity index is 1.28. The average molecular weight is 465 g/mol. The molecular weight excluding hydrogens is 432 g/mol. The lowest BCUT2D eigenvalue weighted by atomic mass is 9.95. The van der Waals surface area contributed by atoms with Gasteiger partial charge in [-0.05, 0) is 63.5 Å². The zero-order chi connectivity index (χ0) is 24.1. The third-order valence-corrected chi connectivity index (χ3v) is 6.33. The normalized spacial score (nSPS) is 15.6. The zero-order valence-corrected chi connectivity index (χ0v) is 20.2. The van der Waals surface area contributed by atoms with Crippen LogP contribution in [-0.4, -0.2) is 48.3 Å². The highest BCUT2D eigenvalue weighted by Crippen LogP contribution is 2.30. The van der Waals surface area contributed by atoms with Gasteiger partial charge < -0.3 is 19.3 Å². The van der Waals surface area contributed by atoms with E-state index in [-0.39, 0.29) is 17.9 Å². The molecule has 1 aromatic heterocycles. The number of methoxy groups -OCH3 is 2. The number of hydrogen-bond donors (Lipinski definition) is 1. The van der Waals surface area contributed by atoms with Crippen molar-refractivity contribution in [2.45, 2.75) is 39.3 Å². The Morgan fingerprint density at radius 3 is 2.62 bits per heavy atom. The summed E-state index contributed by atoms with van der Waals surface area (Å²) in [6.07, 6.45) is 1.59. The van der Waals surface area contributed by atoms with Crippen molar-refractivity contribution in [2.75, 3.05) is 27.3 Å². The number of likely N-dealkylation sites (tertiary alicyclic amines) is 1. The molecule has 1 fully saturated rings. The van der Waals surface area contributed by atoms with E-state index in [0.29, 0.717) is 29.8 Å². The number of carbonyl (C=O) groups excluding carboxylic acids is 1. The van der Waals surface area contributed by atoms with Crippen LogP contribution >= 0.6 is 0 Å². The third kappa shape index (κ3) is 5.56. The summed E-state index contributed by atoms with van der Waals surface area (Å²) in [6, 6.07) is 13.6.